The standard InChI is InChI=1S/C21H18F7N3O/c1-30(14-6-3-13(22)4-7-14)19(32)18-11-2-5-15(8-11)31(18)17-10-12(20(23,24)25)9-16(29-17)21(26,27)28/h3-4,6-7,9-11,15,18H,2,5,8H2,1H3/t11-,15+,18-/m0/s1. The third-order valence-corrected chi connectivity index (χ3v) is 6.08. The fourth-order valence-electron chi connectivity index (χ4n) is 4.58. The molecule has 1 saturated heterocycles. The average molecular weight is 461 g/mol. The molecule has 2 bridgehead atoms. The number of hydrogen-bond donors (Lipinski definition) is 0. The summed E-state index contributed by atoms with van der Waals surface area (Å²) in [7, 11) is 1.43. The van der Waals surface area contributed by atoms with Crippen LogP contribution in [0.2, 0.25) is 0 Å². The van der Waals surface area contributed by atoms with E-state index >= 15 is 0 Å². The fourth-order valence-corrected chi connectivity index (χ4v) is 4.58. The van der Waals surface area contributed by atoms with Crippen molar-refractivity contribution in [2.24, 2.45) is 5.92 Å². The van der Waals surface area contributed by atoms with E-state index in [9.17, 15) is 35.5 Å². The van der Waals surface area contributed by atoms with Gasteiger partial charge in [-0.1, -0.05) is 0 Å². The molecule has 2 aromatic rings. The Labute approximate surface area is 178 Å². The first-order valence-electron chi connectivity index (χ1n) is 9.84. The smallest absolute Gasteiger partial charge is 0.341 e. The Kier molecular flexibility index (Phi) is 5.33. The largest absolute Gasteiger partial charge is 0.433 e. The van der Waals surface area contributed by atoms with E-state index in [1.165, 1.54) is 29.0 Å². The molecule has 0 unspecified atom stereocenters. The summed E-state index contributed by atoms with van der Waals surface area (Å²) in [5.41, 5.74) is -2.79. The van der Waals surface area contributed by atoms with Gasteiger partial charge in [0.05, 0.1) is 5.56 Å². The molecule has 1 aromatic heterocycles. The highest BCUT2D eigenvalue weighted by Gasteiger charge is 2.51. The molecule has 2 aliphatic rings. The highest BCUT2D eigenvalue weighted by Crippen LogP contribution is 2.46. The molecule has 1 saturated carbocycles. The van der Waals surface area contributed by atoms with Crippen LogP contribution in [0.1, 0.15) is 30.5 Å². The number of carbonyl (C=O) groups excluding carboxylic acids is 1. The Morgan fingerprint density at radius 1 is 1.03 bits per heavy atom. The second-order valence-corrected chi connectivity index (χ2v) is 8.05. The lowest BCUT2D eigenvalue weighted by molar-refractivity contribution is -0.145. The van der Waals surface area contributed by atoms with Crippen LogP contribution in [-0.2, 0) is 17.1 Å². The summed E-state index contributed by atoms with van der Waals surface area (Å²) in [5, 5.41) is 0. The van der Waals surface area contributed by atoms with Gasteiger partial charge in [0.1, 0.15) is 23.4 Å². The van der Waals surface area contributed by atoms with Crippen LogP contribution >= 0.6 is 0 Å². The lowest BCUT2D eigenvalue weighted by atomic mass is 9.97. The number of likely N-dealkylation sites (N-methyl/N-ethyl adjacent to an activating group) is 1. The third-order valence-electron chi connectivity index (χ3n) is 6.08. The SMILES string of the molecule is CN(C(=O)[C@@H]1[C@H]2CC[C@H](C2)N1c1cc(C(F)(F)F)cc(C(F)(F)F)n1)c1ccc(F)cc1. The number of pyridine rings is 1. The zero-order valence-electron chi connectivity index (χ0n) is 16.7. The molecule has 1 aliphatic carbocycles. The van der Waals surface area contributed by atoms with Gasteiger partial charge in [-0.25, -0.2) is 9.37 Å². The molecule has 1 aromatic carbocycles. The third kappa shape index (κ3) is 4.00. The summed E-state index contributed by atoms with van der Waals surface area (Å²) in [4.78, 5) is 19.3. The predicted molar refractivity (Wildman–Crippen MR) is 101 cm³/mol. The number of rotatable bonds is 3. The number of piperidine rings is 1. The van der Waals surface area contributed by atoms with Crippen LogP contribution in [-0.4, -0.2) is 30.0 Å². The van der Waals surface area contributed by atoms with E-state index in [-0.39, 0.29) is 12.0 Å². The van der Waals surface area contributed by atoms with Gasteiger partial charge in [0.25, 0.3) is 0 Å². The zero-order chi connectivity index (χ0) is 23.4. The Morgan fingerprint density at radius 2 is 1.69 bits per heavy atom. The molecule has 2 heterocycles. The van der Waals surface area contributed by atoms with Gasteiger partial charge in [-0.05, 0) is 61.6 Å². The number of anilines is 2. The van der Waals surface area contributed by atoms with Crippen LogP contribution in [0.25, 0.3) is 0 Å². The van der Waals surface area contributed by atoms with Crippen LogP contribution < -0.4 is 9.80 Å². The highest BCUT2D eigenvalue weighted by atomic mass is 19.4. The summed E-state index contributed by atoms with van der Waals surface area (Å²) in [6.07, 6.45) is -8.47. The minimum absolute atomic E-state index is 0.0285. The molecule has 0 N–H and O–H groups in total. The van der Waals surface area contributed by atoms with Crippen molar-refractivity contribution >= 4 is 17.4 Å². The predicted octanol–water partition coefficient (Wildman–Crippen LogP) is 5.28. The van der Waals surface area contributed by atoms with E-state index in [1.54, 1.807) is 0 Å². The molecular weight excluding hydrogens is 443 g/mol. The minimum atomic E-state index is -5.08. The van der Waals surface area contributed by atoms with Crippen molar-refractivity contribution < 1.29 is 35.5 Å². The zero-order valence-corrected chi connectivity index (χ0v) is 16.7. The molecule has 32 heavy (non-hydrogen) atoms. The van der Waals surface area contributed by atoms with Gasteiger partial charge in [-0.2, -0.15) is 26.3 Å². The van der Waals surface area contributed by atoms with E-state index < -0.39 is 53.2 Å². The second-order valence-electron chi connectivity index (χ2n) is 8.05. The summed E-state index contributed by atoms with van der Waals surface area (Å²) < 4.78 is 93.1. The van der Waals surface area contributed by atoms with Crippen molar-refractivity contribution in [3.63, 3.8) is 0 Å². The summed E-state index contributed by atoms with van der Waals surface area (Å²) in [6, 6.07) is 4.22. The van der Waals surface area contributed by atoms with Crippen LogP contribution in [0.3, 0.4) is 0 Å². The molecule has 0 spiro atoms. The molecule has 172 valence electrons. The van der Waals surface area contributed by atoms with Crippen molar-refractivity contribution in [2.45, 2.75) is 43.7 Å². The molecule has 2 fully saturated rings. The van der Waals surface area contributed by atoms with E-state index in [2.05, 4.69) is 4.98 Å². The number of alkyl halides is 6. The first-order chi connectivity index (χ1) is 14.9. The molecule has 3 atom stereocenters. The average Bonchev–Trinajstić information content (AvgIpc) is 3.33. The summed E-state index contributed by atoms with van der Waals surface area (Å²) >= 11 is 0. The van der Waals surface area contributed by atoms with E-state index in [0.717, 1.165) is 12.1 Å². The van der Waals surface area contributed by atoms with Crippen molar-refractivity contribution in [1.29, 1.82) is 0 Å². The molecular formula is C21H18F7N3O. The Hall–Kier alpha value is -2.85. The van der Waals surface area contributed by atoms with Crippen LogP contribution in [0.5, 0.6) is 0 Å². The number of hydrogen-bond acceptors (Lipinski definition) is 3. The lowest BCUT2D eigenvalue weighted by Crippen LogP contribution is -2.51. The van der Waals surface area contributed by atoms with Crippen LogP contribution in [0.4, 0.5) is 42.2 Å². The molecule has 4 nitrogen and oxygen atoms in total. The number of aromatic nitrogens is 1. The topological polar surface area (TPSA) is 36.4 Å². The van der Waals surface area contributed by atoms with Crippen LogP contribution in [0.15, 0.2) is 36.4 Å². The van der Waals surface area contributed by atoms with Gasteiger partial charge < -0.3 is 9.80 Å². The van der Waals surface area contributed by atoms with E-state index in [4.69, 9.17) is 0 Å². The first kappa shape index (κ1) is 22.3. The van der Waals surface area contributed by atoms with Crippen molar-refractivity contribution in [3.05, 3.63) is 53.5 Å². The quantitative estimate of drug-likeness (QED) is 0.584. The Balaban J connectivity index is 1.75. The number of carbonyl (C=O) groups is 1. The maximum atomic E-state index is 13.3. The number of amides is 1. The van der Waals surface area contributed by atoms with Gasteiger partial charge >= 0.3 is 12.4 Å². The van der Waals surface area contributed by atoms with E-state index in [1.807, 2.05) is 0 Å². The summed E-state index contributed by atoms with van der Waals surface area (Å²) in [5.74, 6) is -1.77. The minimum Gasteiger partial charge on any atom is -0.341 e. The number of halogens is 7. The van der Waals surface area contributed by atoms with Gasteiger partial charge in [0.2, 0.25) is 5.91 Å². The van der Waals surface area contributed by atoms with Crippen LogP contribution in [0, 0.1) is 11.7 Å². The number of fused-ring (bicyclic) bond motifs is 2. The van der Waals surface area contributed by atoms with Gasteiger partial charge in [-0.15, -0.1) is 0 Å². The highest BCUT2D eigenvalue weighted by molar-refractivity contribution is 5.99. The fraction of sp³-hybridized carbons (Fsp3) is 0.429. The lowest BCUT2D eigenvalue weighted by Gasteiger charge is -2.37. The van der Waals surface area contributed by atoms with Crippen molar-refractivity contribution in [3.8, 4) is 0 Å². The molecule has 1 amide bonds. The summed E-state index contributed by atoms with van der Waals surface area (Å²) in [6.45, 7) is 0. The molecule has 0 radical (unpaired) electrons. The first-order valence-corrected chi connectivity index (χ1v) is 9.84. The molecule has 1 aliphatic heterocycles. The Morgan fingerprint density at radius 3 is 2.28 bits per heavy atom. The molecule has 11 heteroatoms. The monoisotopic (exact) mass is 461 g/mol. The maximum Gasteiger partial charge on any atom is 0.433 e. The Bertz CT molecular complexity index is 987. The maximum absolute atomic E-state index is 13.3. The second kappa shape index (κ2) is 7.63. The van der Waals surface area contributed by atoms with Gasteiger partial charge in [0.15, 0.2) is 0 Å². The number of nitrogens with zero attached hydrogens (tertiary/aromatic N) is 3. The van der Waals surface area contributed by atoms with Gasteiger partial charge in [-0.3, -0.25) is 4.79 Å². The normalized spacial score (nSPS) is 23.0. The van der Waals surface area contributed by atoms with Crippen molar-refractivity contribution in [2.75, 3.05) is 16.8 Å². The number of benzene rings is 1. The van der Waals surface area contributed by atoms with E-state index in [0.29, 0.717) is 31.0 Å². The molecule has 4 rings (SSSR count). The van der Waals surface area contributed by atoms with Gasteiger partial charge in [0, 0.05) is 18.8 Å². The van der Waals surface area contributed by atoms with Crippen molar-refractivity contribution in [1.82, 2.24) is 4.98 Å².